The highest BCUT2D eigenvalue weighted by atomic mass is 79.9. The van der Waals surface area contributed by atoms with E-state index in [2.05, 4.69) is 15.9 Å². The van der Waals surface area contributed by atoms with Gasteiger partial charge in [-0.3, -0.25) is 0 Å². The lowest BCUT2D eigenvalue weighted by molar-refractivity contribution is 0.338. The maximum Gasteiger partial charge on any atom is 0.133 e. The van der Waals surface area contributed by atoms with Gasteiger partial charge in [-0.05, 0) is 58.7 Å². The molecule has 0 fully saturated rings. The summed E-state index contributed by atoms with van der Waals surface area (Å²) in [7, 11) is 0. The molecule has 0 aromatic heterocycles. The van der Waals surface area contributed by atoms with Gasteiger partial charge in [-0.25, -0.2) is 4.39 Å². The lowest BCUT2D eigenvalue weighted by Gasteiger charge is -2.15. The predicted octanol–water partition coefficient (Wildman–Crippen LogP) is 4.69. The van der Waals surface area contributed by atoms with Crippen LogP contribution in [0.1, 0.15) is 24.1 Å². The molecule has 2 nitrogen and oxygen atoms in total. The Bertz CT molecular complexity index is 621. The van der Waals surface area contributed by atoms with E-state index in [0.29, 0.717) is 17.2 Å². The lowest BCUT2D eigenvalue weighted by Crippen LogP contribution is -2.13. The average molecular weight is 359 g/mol. The van der Waals surface area contributed by atoms with Crippen LogP contribution >= 0.6 is 27.5 Å². The van der Waals surface area contributed by atoms with Crippen LogP contribution in [-0.2, 0) is 0 Å². The maximum atomic E-state index is 13.8. The third-order valence-electron chi connectivity index (χ3n) is 2.91. The zero-order valence-corrected chi connectivity index (χ0v) is 13.2. The zero-order valence-electron chi connectivity index (χ0n) is 10.9. The summed E-state index contributed by atoms with van der Waals surface area (Å²) >= 11 is 9.32. The van der Waals surface area contributed by atoms with Gasteiger partial charge in [0.2, 0.25) is 0 Å². The van der Waals surface area contributed by atoms with Crippen molar-refractivity contribution in [3.05, 3.63) is 62.8 Å². The Balaban J connectivity index is 2.35. The van der Waals surface area contributed by atoms with Crippen molar-refractivity contribution in [1.82, 2.24) is 0 Å². The Morgan fingerprint density at radius 1 is 1.30 bits per heavy atom. The van der Waals surface area contributed by atoms with Gasteiger partial charge in [0.15, 0.2) is 0 Å². The van der Waals surface area contributed by atoms with Crippen LogP contribution < -0.4 is 10.5 Å². The molecule has 5 heteroatoms. The molecule has 0 heterocycles. The Kier molecular flexibility index (Phi) is 5.02. The molecular formula is C15H14BrClFNO. The number of ether oxygens (including phenoxy) is 1. The molecule has 0 amide bonds. The molecule has 20 heavy (non-hydrogen) atoms. The van der Waals surface area contributed by atoms with Crippen LogP contribution in [-0.4, -0.2) is 6.61 Å². The third-order valence-corrected chi connectivity index (χ3v) is 3.76. The summed E-state index contributed by atoms with van der Waals surface area (Å²) < 4.78 is 20.1. The van der Waals surface area contributed by atoms with Gasteiger partial charge in [0, 0.05) is 10.6 Å². The zero-order chi connectivity index (χ0) is 14.7. The van der Waals surface area contributed by atoms with Crippen LogP contribution in [0.2, 0.25) is 5.02 Å². The minimum atomic E-state index is -0.583. The Hall–Kier alpha value is -1.10. The molecule has 0 radical (unpaired) electrons. The Labute approximate surface area is 130 Å². The Morgan fingerprint density at radius 3 is 2.70 bits per heavy atom. The topological polar surface area (TPSA) is 35.2 Å². The standard InChI is InChI=1S/C15H14BrClFNO/c1-2-20-14-6-3-9(7-12(14)16)15(19)11-8-10(17)4-5-13(11)18/h3-8,15H,2,19H2,1H3. The molecule has 0 bridgehead atoms. The van der Waals surface area contributed by atoms with Crippen molar-refractivity contribution < 1.29 is 9.13 Å². The monoisotopic (exact) mass is 357 g/mol. The second kappa shape index (κ2) is 6.57. The maximum absolute atomic E-state index is 13.8. The molecule has 0 aliphatic rings. The quantitative estimate of drug-likeness (QED) is 0.860. The minimum absolute atomic E-state index is 0.369. The molecule has 2 aromatic rings. The molecule has 0 aliphatic carbocycles. The molecule has 1 atom stereocenters. The van der Waals surface area contributed by atoms with Crippen molar-refractivity contribution in [2.24, 2.45) is 5.73 Å². The number of nitrogens with two attached hydrogens (primary N) is 1. The predicted molar refractivity (Wildman–Crippen MR) is 82.8 cm³/mol. The highest BCUT2D eigenvalue weighted by molar-refractivity contribution is 9.10. The molecule has 0 saturated heterocycles. The lowest BCUT2D eigenvalue weighted by atomic mass is 9.99. The van der Waals surface area contributed by atoms with E-state index < -0.39 is 6.04 Å². The normalized spacial score (nSPS) is 12.2. The first-order valence-corrected chi connectivity index (χ1v) is 7.32. The summed E-state index contributed by atoms with van der Waals surface area (Å²) in [5.41, 5.74) is 7.27. The van der Waals surface area contributed by atoms with Gasteiger partial charge in [-0.2, -0.15) is 0 Å². The molecule has 0 spiro atoms. The highest BCUT2D eigenvalue weighted by Crippen LogP contribution is 2.31. The van der Waals surface area contributed by atoms with Crippen LogP contribution in [0.4, 0.5) is 4.39 Å². The first-order valence-electron chi connectivity index (χ1n) is 6.15. The number of rotatable bonds is 4. The first kappa shape index (κ1) is 15.3. The van der Waals surface area contributed by atoms with Gasteiger partial charge in [0.1, 0.15) is 11.6 Å². The van der Waals surface area contributed by atoms with E-state index in [4.69, 9.17) is 22.1 Å². The smallest absolute Gasteiger partial charge is 0.133 e. The fourth-order valence-corrected chi connectivity index (χ4v) is 2.61. The minimum Gasteiger partial charge on any atom is -0.493 e. The molecule has 2 N–H and O–H groups in total. The summed E-state index contributed by atoms with van der Waals surface area (Å²) in [5.74, 6) is 0.363. The second-order valence-corrected chi connectivity index (χ2v) is 5.56. The molecule has 106 valence electrons. The molecule has 0 saturated carbocycles. The SMILES string of the molecule is CCOc1ccc(C(N)c2cc(Cl)ccc2F)cc1Br. The van der Waals surface area contributed by atoms with Gasteiger partial charge in [-0.15, -0.1) is 0 Å². The van der Waals surface area contributed by atoms with E-state index >= 15 is 0 Å². The van der Waals surface area contributed by atoms with Crippen molar-refractivity contribution >= 4 is 27.5 Å². The number of halogens is 3. The first-order chi connectivity index (χ1) is 9.52. The van der Waals surface area contributed by atoms with E-state index in [1.54, 1.807) is 6.07 Å². The van der Waals surface area contributed by atoms with Crippen molar-refractivity contribution in [3.8, 4) is 5.75 Å². The van der Waals surface area contributed by atoms with Crippen molar-refractivity contribution in [2.45, 2.75) is 13.0 Å². The van der Waals surface area contributed by atoms with E-state index in [0.717, 1.165) is 15.8 Å². The molecule has 1 unspecified atom stereocenters. The van der Waals surface area contributed by atoms with Crippen molar-refractivity contribution in [2.75, 3.05) is 6.61 Å². The molecule has 2 rings (SSSR count). The fraction of sp³-hybridized carbons (Fsp3) is 0.200. The number of hydrogen-bond acceptors (Lipinski definition) is 2. The van der Waals surface area contributed by atoms with Crippen molar-refractivity contribution in [3.63, 3.8) is 0 Å². The van der Waals surface area contributed by atoms with Gasteiger partial charge in [0.25, 0.3) is 0 Å². The van der Waals surface area contributed by atoms with Crippen LogP contribution in [0, 0.1) is 5.82 Å². The van der Waals surface area contributed by atoms with Crippen molar-refractivity contribution in [1.29, 1.82) is 0 Å². The highest BCUT2D eigenvalue weighted by Gasteiger charge is 2.15. The molecule has 2 aromatic carbocycles. The molecular weight excluding hydrogens is 345 g/mol. The second-order valence-electron chi connectivity index (χ2n) is 4.27. The summed E-state index contributed by atoms with van der Waals surface area (Å²) in [6, 6.07) is 9.25. The molecule has 0 aliphatic heterocycles. The summed E-state index contributed by atoms with van der Waals surface area (Å²) in [4.78, 5) is 0. The Morgan fingerprint density at radius 2 is 2.05 bits per heavy atom. The van der Waals surface area contributed by atoms with E-state index in [1.165, 1.54) is 12.1 Å². The van der Waals surface area contributed by atoms with E-state index in [1.807, 2.05) is 25.1 Å². The van der Waals surface area contributed by atoms with Gasteiger partial charge in [-0.1, -0.05) is 17.7 Å². The van der Waals surface area contributed by atoms with E-state index in [-0.39, 0.29) is 5.82 Å². The fourth-order valence-electron chi connectivity index (χ4n) is 1.92. The number of benzene rings is 2. The summed E-state index contributed by atoms with van der Waals surface area (Å²) in [6.07, 6.45) is 0. The summed E-state index contributed by atoms with van der Waals surface area (Å²) in [6.45, 7) is 2.49. The average Bonchev–Trinajstić information content (AvgIpc) is 2.43. The van der Waals surface area contributed by atoms with Crippen LogP contribution in [0.25, 0.3) is 0 Å². The van der Waals surface area contributed by atoms with Gasteiger partial charge in [0.05, 0.1) is 17.1 Å². The van der Waals surface area contributed by atoms with Gasteiger partial charge >= 0.3 is 0 Å². The largest absolute Gasteiger partial charge is 0.493 e. The van der Waals surface area contributed by atoms with Crippen LogP contribution in [0.5, 0.6) is 5.75 Å². The van der Waals surface area contributed by atoms with E-state index in [9.17, 15) is 4.39 Å². The van der Waals surface area contributed by atoms with Crippen LogP contribution in [0.15, 0.2) is 40.9 Å². The van der Waals surface area contributed by atoms with Gasteiger partial charge < -0.3 is 10.5 Å². The third kappa shape index (κ3) is 3.32. The number of hydrogen-bond donors (Lipinski definition) is 1. The van der Waals surface area contributed by atoms with Crippen LogP contribution in [0.3, 0.4) is 0 Å². The summed E-state index contributed by atoms with van der Waals surface area (Å²) in [5, 5.41) is 0.460.